The van der Waals surface area contributed by atoms with E-state index in [-0.39, 0.29) is 17.9 Å². The molecule has 0 bridgehead atoms. The van der Waals surface area contributed by atoms with E-state index in [4.69, 9.17) is 4.74 Å². The first-order valence-electron chi connectivity index (χ1n) is 9.35. The van der Waals surface area contributed by atoms with Gasteiger partial charge in [-0.1, -0.05) is 60.7 Å². The maximum Gasteiger partial charge on any atom is 0.408 e. The summed E-state index contributed by atoms with van der Waals surface area (Å²) in [6.07, 6.45) is 1.35. The Bertz CT molecular complexity index is 833. The van der Waals surface area contributed by atoms with Gasteiger partial charge in [-0.05, 0) is 30.9 Å². The second-order valence-corrected chi connectivity index (χ2v) is 7.74. The van der Waals surface area contributed by atoms with E-state index < -0.39 is 11.6 Å². The summed E-state index contributed by atoms with van der Waals surface area (Å²) in [5.74, 6) is -0.0273. The molecule has 4 rings (SSSR count). The van der Waals surface area contributed by atoms with Crippen LogP contribution in [0.1, 0.15) is 30.9 Å². The van der Waals surface area contributed by atoms with Crippen LogP contribution in [0.4, 0.5) is 4.79 Å². The molecule has 5 heteroatoms. The second kappa shape index (κ2) is 6.72. The highest BCUT2D eigenvalue weighted by Crippen LogP contribution is 2.58. The summed E-state index contributed by atoms with van der Waals surface area (Å²) < 4.78 is 5.36. The Labute approximate surface area is 159 Å². The van der Waals surface area contributed by atoms with Crippen molar-refractivity contribution in [2.24, 2.45) is 5.41 Å². The summed E-state index contributed by atoms with van der Waals surface area (Å²) in [6.45, 7) is 3.28. The molecule has 2 aromatic rings. The van der Waals surface area contributed by atoms with Gasteiger partial charge in [0.1, 0.15) is 12.1 Å². The summed E-state index contributed by atoms with van der Waals surface area (Å²) in [5, 5.41) is 2.89. The fraction of sp³-hybridized carbons (Fsp3) is 0.364. The Hall–Kier alpha value is -2.82. The Balaban J connectivity index is 1.43. The summed E-state index contributed by atoms with van der Waals surface area (Å²) in [5.41, 5.74) is 0.931. The van der Waals surface area contributed by atoms with E-state index in [1.54, 1.807) is 0 Å². The zero-order chi connectivity index (χ0) is 18.9. The zero-order valence-electron chi connectivity index (χ0n) is 15.5. The molecule has 1 heterocycles. The van der Waals surface area contributed by atoms with Gasteiger partial charge in [0.25, 0.3) is 0 Å². The molecule has 140 valence electrons. The number of ether oxygens (including phenoxy) is 1. The number of amides is 2. The van der Waals surface area contributed by atoms with Crippen LogP contribution in [0, 0.1) is 5.41 Å². The average Bonchev–Trinajstić information content (AvgIpc) is 3.45. The number of benzene rings is 2. The van der Waals surface area contributed by atoms with Crippen LogP contribution in [0.15, 0.2) is 60.7 Å². The van der Waals surface area contributed by atoms with Gasteiger partial charge in [-0.3, -0.25) is 4.79 Å². The van der Waals surface area contributed by atoms with Gasteiger partial charge in [0, 0.05) is 18.5 Å². The molecule has 0 aromatic heterocycles. The Morgan fingerprint density at radius 2 is 1.63 bits per heavy atom. The highest BCUT2D eigenvalue weighted by atomic mass is 16.5. The van der Waals surface area contributed by atoms with Crippen molar-refractivity contribution in [3.63, 3.8) is 0 Å². The highest BCUT2D eigenvalue weighted by molar-refractivity contribution is 5.93. The summed E-state index contributed by atoms with van der Waals surface area (Å²) in [6, 6.07) is 19.5. The van der Waals surface area contributed by atoms with Crippen LogP contribution >= 0.6 is 0 Å². The van der Waals surface area contributed by atoms with Gasteiger partial charge in [0.2, 0.25) is 5.91 Å². The standard InChI is InChI=1S/C22H24N2O3/c1-21(23-20(26)27-15-18-10-6-3-7-11-18)19(25)24(16-22(21)12-13-22)14-17-8-4-2-5-9-17/h2-11H,12-16H2,1H3,(H,23,26). The van der Waals surface area contributed by atoms with E-state index in [9.17, 15) is 9.59 Å². The van der Waals surface area contributed by atoms with Gasteiger partial charge in [-0.2, -0.15) is 0 Å². The maximum absolute atomic E-state index is 13.2. The van der Waals surface area contributed by atoms with Crippen molar-refractivity contribution < 1.29 is 14.3 Å². The Morgan fingerprint density at radius 1 is 1.04 bits per heavy atom. The number of likely N-dealkylation sites (tertiary alicyclic amines) is 1. The van der Waals surface area contributed by atoms with E-state index in [0.717, 1.165) is 24.0 Å². The van der Waals surface area contributed by atoms with Gasteiger partial charge in [-0.15, -0.1) is 0 Å². The lowest BCUT2D eigenvalue weighted by Crippen LogP contribution is -2.56. The topological polar surface area (TPSA) is 58.6 Å². The van der Waals surface area contributed by atoms with E-state index in [2.05, 4.69) is 5.32 Å². The first-order chi connectivity index (χ1) is 13.0. The van der Waals surface area contributed by atoms with Crippen LogP contribution in [0.5, 0.6) is 0 Å². The molecule has 1 aliphatic carbocycles. The molecule has 1 N–H and O–H groups in total. The predicted molar refractivity (Wildman–Crippen MR) is 102 cm³/mol. The molecule has 2 aromatic carbocycles. The van der Waals surface area contributed by atoms with Gasteiger partial charge in [0.05, 0.1) is 0 Å². The number of hydrogen-bond donors (Lipinski definition) is 1. The number of nitrogens with one attached hydrogen (secondary N) is 1. The zero-order valence-corrected chi connectivity index (χ0v) is 15.5. The molecule has 2 fully saturated rings. The third-order valence-corrected chi connectivity index (χ3v) is 5.90. The predicted octanol–water partition coefficient (Wildman–Crippen LogP) is 3.49. The molecular formula is C22H24N2O3. The molecule has 0 radical (unpaired) electrons. The van der Waals surface area contributed by atoms with Crippen molar-refractivity contribution in [2.75, 3.05) is 6.54 Å². The Morgan fingerprint density at radius 3 is 2.22 bits per heavy atom. The monoisotopic (exact) mass is 364 g/mol. The lowest BCUT2D eigenvalue weighted by Gasteiger charge is -2.29. The lowest BCUT2D eigenvalue weighted by atomic mass is 9.85. The van der Waals surface area contributed by atoms with Crippen LogP contribution in [0.25, 0.3) is 0 Å². The van der Waals surface area contributed by atoms with Crippen LogP contribution in [-0.4, -0.2) is 29.0 Å². The smallest absolute Gasteiger partial charge is 0.408 e. The average molecular weight is 364 g/mol. The van der Waals surface area contributed by atoms with Crippen molar-refractivity contribution in [3.8, 4) is 0 Å². The number of hydrogen-bond acceptors (Lipinski definition) is 3. The van der Waals surface area contributed by atoms with Crippen LogP contribution < -0.4 is 5.32 Å². The summed E-state index contributed by atoms with van der Waals surface area (Å²) in [4.78, 5) is 27.4. The van der Waals surface area contributed by atoms with Crippen LogP contribution in [-0.2, 0) is 22.7 Å². The fourth-order valence-corrected chi connectivity index (χ4v) is 4.03. The molecule has 27 heavy (non-hydrogen) atoms. The highest BCUT2D eigenvalue weighted by Gasteiger charge is 2.67. The molecule has 2 amide bonds. The van der Waals surface area contributed by atoms with E-state index in [1.807, 2.05) is 72.5 Å². The van der Waals surface area contributed by atoms with E-state index in [1.165, 1.54) is 0 Å². The maximum atomic E-state index is 13.2. The number of nitrogens with zero attached hydrogens (tertiary/aromatic N) is 1. The fourth-order valence-electron chi connectivity index (χ4n) is 4.03. The number of carbonyl (C=O) groups is 2. The number of rotatable bonds is 5. The summed E-state index contributed by atoms with van der Waals surface area (Å²) in [7, 11) is 0. The van der Waals surface area contributed by atoms with Crippen molar-refractivity contribution in [1.29, 1.82) is 0 Å². The van der Waals surface area contributed by atoms with Crippen molar-refractivity contribution in [3.05, 3.63) is 71.8 Å². The van der Waals surface area contributed by atoms with Gasteiger partial charge in [-0.25, -0.2) is 4.79 Å². The largest absolute Gasteiger partial charge is 0.445 e. The molecule has 1 aliphatic heterocycles. The SMILES string of the molecule is CC1(NC(=O)OCc2ccccc2)C(=O)N(Cc2ccccc2)CC12CC2. The normalized spacial score (nSPS) is 22.7. The van der Waals surface area contributed by atoms with Crippen molar-refractivity contribution >= 4 is 12.0 Å². The number of alkyl carbamates (subject to hydrolysis) is 1. The first kappa shape index (κ1) is 17.6. The van der Waals surface area contributed by atoms with Crippen LogP contribution in [0.2, 0.25) is 0 Å². The second-order valence-electron chi connectivity index (χ2n) is 7.74. The lowest BCUT2D eigenvalue weighted by molar-refractivity contribution is -0.133. The first-order valence-corrected chi connectivity index (χ1v) is 9.35. The van der Waals surface area contributed by atoms with Gasteiger partial charge < -0.3 is 15.0 Å². The minimum absolute atomic E-state index is 0.0273. The van der Waals surface area contributed by atoms with Crippen LogP contribution in [0.3, 0.4) is 0 Å². The molecule has 1 atom stereocenters. The summed E-state index contributed by atoms with van der Waals surface area (Å²) >= 11 is 0. The molecule has 1 unspecified atom stereocenters. The molecule has 5 nitrogen and oxygen atoms in total. The number of carbonyl (C=O) groups excluding carboxylic acids is 2. The molecular weight excluding hydrogens is 340 g/mol. The van der Waals surface area contributed by atoms with E-state index in [0.29, 0.717) is 13.1 Å². The molecule has 1 spiro atoms. The minimum atomic E-state index is -0.907. The van der Waals surface area contributed by atoms with Gasteiger partial charge >= 0.3 is 6.09 Å². The third kappa shape index (κ3) is 3.29. The van der Waals surface area contributed by atoms with Crippen molar-refractivity contribution in [1.82, 2.24) is 10.2 Å². The molecule has 2 aliphatic rings. The van der Waals surface area contributed by atoms with Gasteiger partial charge in [0.15, 0.2) is 0 Å². The Kier molecular flexibility index (Phi) is 4.38. The minimum Gasteiger partial charge on any atom is -0.445 e. The third-order valence-electron chi connectivity index (χ3n) is 5.90. The molecule has 1 saturated carbocycles. The molecule has 1 saturated heterocycles. The van der Waals surface area contributed by atoms with Crippen molar-refractivity contribution in [2.45, 2.75) is 38.5 Å². The van der Waals surface area contributed by atoms with E-state index >= 15 is 0 Å². The quantitative estimate of drug-likeness (QED) is 0.883.